The van der Waals surface area contributed by atoms with Gasteiger partial charge in [-0.15, -0.1) is 0 Å². The first-order valence-corrected chi connectivity index (χ1v) is 7.07. The van der Waals surface area contributed by atoms with Crippen molar-refractivity contribution in [3.63, 3.8) is 0 Å². The lowest BCUT2D eigenvalue weighted by Crippen LogP contribution is -2.28. The number of aromatic amines is 1. The van der Waals surface area contributed by atoms with Gasteiger partial charge in [0.2, 0.25) is 0 Å². The Morgan fingerprint density at radius 2 is 2.16 bits per heavy atom. The van der Waals surface area contributed by atoms with E-state index in [1.807, 2.05) is 0 Å². The van der Waals surface area contributed by atoms with Gasteiger partial charge < -0.3 is 10.3 Å². The summed E-state index contributed by atoms with van der Waals surface area (Å²) in [6.45, 7) is 0.162. The van der Waals surface area contributed by atoms with Crippen LogP contribution in [0.5, 0.6) is 0 Å². The average molecular weight is 281 g/mol. The molecular formula is C11H15N5O2S. The van der Waals surface area contributed by atoms with E-state index in [9.17, 15) is 8.42 Å². The molecule has 0 aromatic carbocycles. The summed E-state index contributed by atoms with van der Waals surface area (Å²) >= 11 is 0. The highest BCUT2D eigenvalue weighted by molar-refractivity contribution is 7.89. The van der Waals surface area contributed by atoms with Crippen molar-refractivity contribution in [3.8, 4) is 0 Å². The molecule has 0 saturated heterocycles. The largest absolute Gasteiger partial charge is 0.386 e. The van der Waals surface area contributed by atoms with Crippen LogP contribution in [0, 0.1) is 0 Å². The van der Waals surface area contributed by atoms with E-state index in [-0.39, 0.29) is 11.6 Å². The predicted molar refractivity (Wildman–Crippen MR) is 71.0 cm³/mol. The van der Waals surface area contributed by atoms with Crippen molar-refractivity contribution < 1.29 is 8.42 Å². The zero-order chi connectivity index (χ0) is 13.9. The van der Waals surface area contributed by atoms with E-state index >= 15 is 0 Å². The number of anilines is 1. The number of pyridine rings is 1. The summed E-state index contributed by atoms with van der Waals surface area (Å²) in [5, 5.41) is 2.83. The molecule has 2 N–H and O–H groups in total. The molecule has 0 aliphatic carbocycles. The van der Waals surface area contributed by atoms with Crippen LogP contribution in [0.4, 0.5) is 5.69 Å². The monoisotopic (exact) mass is 281 g/mol. The fraction of sp³-hybridized carbons (Fsp3) is 0.273. The second-order valence-electron chi connectivity index (χ2n) is 3.90. The van der Waals surface area contributed by atoms with Crippen LogP contribution in [-0.4, -0.2) is 41.8 Å². The van der Waals surface area contributed by atoms with Crippen LogP contribution in [0.2, 0.25) is 0 Å². The molecule has 0 aliphatic rings. The minimum atomic E-state index is -3.66. The lowest BCUT2D eigenvalue weighted by molar-refractivity contribution is 0.456. The number of sulfonamides is 1. The molecule has 0 bridgehead atoms. The van der Waals surface area contributed by atoms with Crippen molar-refractivity contribution in [1.29, 1.82) is 0 Å². The van der Waals surface area contributed by atoms with E-state index in [1.165, 1.54) is 17.5 Å². The molecule has 7 nitrogen and oxygen atoms in total. The molecule has 2 rings (SSSR count). The average Bonchev–Trinajstić information content (AvgIpc) is 2.91. The molecule has 0 aliphatic heterocycles. The third-order valence-corrected chi connectivity index (χ3v) is 4.39. The highest BCUT2D eigenvalue weighted by atomic mass is 32.2. The van der Waals surface area contributed by atoms with E-state index in [4.69, 9.17) is 0 Å². The van der Waals surface area contributed by atoms with Gasteiger partial charge >= 0.3 is 0 Å². The Balaban J connectivity index is 2.31. The van der Waals surface area contributed by atoms with E-state index in [1.54, 1.807) is 31.6 Å². The number of imidazole rings is 1. The summed E-state index contributed by atoms with van der Waals surface area (Å²) in [7, 11) is -0.511. The van der Waals surface area contributed by atoms with E-state index in [0.29, 0.717) is 11.5 Å². The van der Waals surface area contributed by atoms with Gasteiger partial charge in [0.05, 0.1) is 12.2 Å². The maximum atomic E-state index is 12.4. The topological polar surface area (TPSA) is 91.0 Å². The number of H-pyrrole nitrogens is 1. The lowest BCUT2D eigenvalue weighted by Gasteiger charge is -2.17. The Morgan fingerprint density at radius 1 is 1.37 bits per heavy atom. The summed E-state index contributed by atoms with van der Waals surface area (Å²) in [5.41, 5.74) is 0.466. The van der Waals surface area contributed by atoms with E-state index < -0.39 is 10.0 Å². The molecule has 8 heteroatoms. The number of hydrogen-bond acceptors (Lipinski definition) is 5. The number of aromatic nitrogens is 3. The second-order valence-corrected chi connectivity index (χ2v) is 5.86. The predicted octanol–water partition coefficient (Wildman–Crippen LogP) is 0.667. The third-order valence-electron chi connectivity index (χ3n) is 2.62. The SMILES string of the molecule is CNc1cccnc1S(=O)(=O)N(C)Cc1ncc[nH]1. The molecule has 102 valence electrons. The van der Waals surface area contributed by atoms with Crippen molar-refractivity contribution >= 4 is 15.7 Å². The van der Waals surface area contributed by atoms with Crippen molar-refractivity contribution in [2.75, 3.05) is 19.4 Å². The number of nitrogens with one attached hydrogen (secondary N) is 2. The molecule has 0 unspecified atom stereocenters. The normalized spacial score (nSPS) is 11.7. The van der Waals surface area contributed by atoms with Gasteiger partial charge in [-0.1, -0.05) is 0 Å². The zero-order valence-corrected chi connectivity index (χ0v) is 11.5. The Hall–Kier alpha value is -1.93. The van der Waals surface area contributed by atoms with Crippen LogP contribution in [0.3, 0.4) is 0 Å². The van der Waals surface area contributed by atoms with Crippen molar-refractivity contribution in [2.24, 2.45) is 0 Å². The van der Waals surface area contributed by atoms with Crippen molar-refractivity contribution in [3.05, 3.63) is 36.5 Å². The van der Waals surface area contributed by atoms with Crippen LogP contribution in [0.15, 0.2) is 35.7 Å². The zero-order valence-electron chi connectivity index (χ0n) is 10.7. The van der Waals surface area contributed by atoms with E-state index in [2.05, 4.69) is 20.3 Å². The minimum absolute atomic E-state index is 0.00607. The third kappa shape index (κ3) is 2.74. The first-order chi connectivity index (χ1) is 9.05. The molecule has 2 aromatic heterocycles. The maximum Gasteiger partial charge on any atom is 0.262 e. The van der Waals surface area contributed by atoms with Gasteiger partial charge in [-0.05, 0) is 12.1 Å². The minimum Gasteiger partial charge on any atom is -0.386 e. The molecular weight excluding hydrogens is 266 g/mol. The van der Waals surface area contributed by atoms with Crippen LogP contribution in [0.25, 0.3) is 0 Å². The molecule has 0 spiro atoms. The molecule has 2 heterocycles. The van der Waals surface area contributed by atoms with Gasteiger partial charge in [0.25, 0.3) is 10.0 Å². The Morgan fingerprint density at radius 3 is 2.79 bits per heavy atom. The molecule has 0 amide bonds. The highest BCUT2D eigenvalue weighted by Gasteiger charge is 2.25. The number of rotatable bonds is 5. The quantitative estimate of drug-likeness (QED) is 0.840. The van der Waals surface area contributed by atoms with Gasteiger partial charge in [-0.2, -0.15) is 4.31 Å². The molecule has 0 fully saturated rings. The van der Waals surface area contributed by atoms with Gasteiger partial charge in [-0.25, -0.2) is 18.4 Å². The Bertz CT molecular complexity index is 639. The summed E-state index contributed by atoms with van der Waals surface area (Å²) in [6, 6.07) is 3.35. The summed E-state index contributed by atoms with van der Waals surface area (Å²) in [6.07, 6.45) is 4.68. The van der Waals surface area contributed by atoms with Crippen molar-refractivity contribution in [2.45, 2.75) is 11.6 Å². The summed E-state index contributed by atoms with van der Waals surface area (Å²) in [5.74, 6) is 0.577. The van der Waals surface area contributed by atoms with Crippen LogP contribution >= 0.6 is 0 Å². The fourth-order valence-electron chi connectivity index (χ4n) is 1.61. The molecule has 0 radical (unpaired) electrons. The smallest absolute Gasteiger partial charge is 0.262 e. The highest BCUT2D eigenvalue weighted by Crippen LogP contribution is 2.21. The lowest BCUT2D eigenvalue weighted by atomic mass is 10.4. The number of nitrogens with zero attached hydrogens (tertiary/aromatic N) is 3. The van der Waals surface area contributed by atoms with E-state index in [0.717, 1.165) is 0 Å². The standard InChI is InChI=1S/C11H15N5O2S/c1-12-9-4-3-5-15-11(9)19(17,18)16(2)8-10-13-6-7-14-10/h3-7,12H,8H2,1-2H3,(H,13,14). The number of hydrogen-bond donors (Lipinski definition) is 2. The van der Waals surface area contributed by atoms with Gasteiger partial charge in [0.15, 0.2) is 5.03 Å². The van der Waals surface area contributed by atoms with Crippen LogP contribution in [-0.2, 0) is 16.6 Å². The second kappa shape index (κ2) is 5.37. The molecule has 0 saturated carbocycles. The first-order valence-electron chi connectivity index (χ1n) is 5.63. The maximum absolute atomic E-state index is 12.4. The summed E-state index contributed by atoms with van der Waals surface area (Å²) < 4.78 is 26.0. The summed E-state index contributed by atoms with van der Waals surface area (Å²) in [4.78, 5) is 10.8. The van der Waals surface area contributed by atoms with Gasteiger partial charge in [0, 0.05) is 32.7 Å². The Labute approximate surface area is 111 Å². The van der Waals surface area contributed by atoms with Gasteiger partial charge in [0.1, 0.15) is 5.82 Å². The van der Waals surface area contributed by atoms with Crippen LogP contribution in [0.1, 0.15) is 5.82 Å². The Kier molecular flexibility index (Phi) is 3.82. The van der Waals surface area contributed by atoms with Gasteiger partial charge in [-0.3, -0.25) is 0 Å². The first kappa shape index (κ1) is 13.5. The van der Waals surface area contributed by atoms with Crippen LogP contribution < -0.4 is 5.32 Å². The molecule has 2 aromatic rings. The molecule has 19 heavy (non-hydrogen) atoms. The fourth-order valence-corrected chi connectivity index (χ4v) is 2.84. The molecule has 0 atom stereocenters. The van der Waals surface area contributed by atoms with Crippen molar-refractivity contribution in [1.82, 2.24) is 19.3 Å².